The molecule has 0 bridgehead atoms. The minimum atomic E-state index is 0.122. The molecular formula is C12H6Br4O2. The average Bonchev–Trinajstić information content (AvgIpc) is 2.36. The molecule has 94 valence electrons. The second-order valence-electron chi connectivity index (χ2n) is 3.53. The maximum atomic E-state index is 9.89. The fourth-order valence-corrected chi connectivity index (χ4v) is 4.06. The minimum Gasteiger partial charge on any atom is -0.508 e. The molecule has 0 unspecified atom stereocenters. The molecule has 18 heavy (non-hydrogen) atoms. The molecular weight excluding hydrogens is 496 g/mol. The lowest BCUT2D eigenvalue weighted by Gasteiger charge is -2.13. The van der Waals surface area contributed by atoms with Crippen molar-refractivity contribution in [3.8, 4) is 22.6 Å². The van der Waals surface area contributed by atoms with Crippen LogP contribution in [0.5, 0.6) is 11.5 Å². The fraction of sp³-hybridized carbons (Fsp3) is 0. The first kappa shape index (κ1) is 14.4. The zero-order valence-corrected chi connectivity index (χ0v) is 15.1. The Hall–Kier alpha value is -0.0400. The second kappa shape index (κ2) is 5.53. The number of rotatable bonds is 1. The van der Waals surface area contributed by atoms with Crippen LogP contribution >= 0.6 is 63.7 Å². The van der Waals surface area contributed by atoms with Gasteiger partial charge in [0.15, 0.2) is 0 Å². The van der Waals surface area contributed by atoms with Crippen LogP contribution in [-0.2, 0) is 0 Å². The quantitative estimate of drug-likeness (QED) is 0.484. The standard InChI is InChI=1S/C12H6Br4O2/c13-8-7(5-1-3-6(17)4-2-5)9(14)11(16)12(18)10(8)15/h1-4,17-18H. The van der Waals surface area contributed by atoms with Gasteiger partial charge in [0.25, 0.3) is 0 Å². The lowest BCUT2D eigenvalue weighted by Crippen LogP contribution is -1.87. The molecule has 0 saturated carbocycles. The molecule has 2 aromatic rings. The molecule has 0 radical (unpaired) electrons. The molecule has 0 aliphatic rings. The van der Waals surface area contributed by atoms with E-state index in [2.05, 4.69) is 63.7 Å². The van der Waals surface area contributed by atoms with Gasteiger partial charge in [-0.25, -0.2) is 0 Å². The van der Waals surface area contributed by atoms with E-state index in [-0.39, 0.29) is 11.5 Å². The zero-order valence-electron chi connectivity index (χ0n) is 8.72. The number of halogens is 4. The van der Waals surface area contributed by atoms with Gasteiger partial charge in [-0.2, -0.15) is 0 Å². The highest BCUT2D eigenvalue weighted by molar-refractivity contribution is 9.14. The molecule has 0 saturated heterocycles. The molecule has 2 N–H and O–H groups in total. The van der Waals surface area contributed by atoms with Crippen LogP contribution in [0.4, 0.5) is 0 Å². The molecule has 0 amide bonds. The third-order valence-corrected chi connectivity index (χ3v) is 6.59. The molecule has 0 aliphatic carbocycles. The van der Waals surface area contributed by atoms with Crippen LogP contribution in [0.1, 0.15) is 0 Å². The summed E-state index contributed by atoms with van der Waals surface area (Å²) in [7, 11) is 0. The molecule has 0 fully saturated rings. The SMILES string of the molecule is Oc1ccc(-c2c(Br)c(Br)c(O)c(Br)c2Br)cc1. The third-order valence-electron chi connectivity index (χ3n) is 2.40. The summed E-state index contributed by atoms with van der Waals surface area (Å²) in [5.74, 6) is 0.333. The van der Waals surface area contributed by atoms with Crippen molar-refractivity contribution in [1.29, 1.82) is 0 Å². The van der Waals surface area contributed by atoms with Crippen LogP contribution < -0.4 is 0 Å². The number of phenols is 2. The van der Waals surface area contributed by atoms with Crippen LogP contribution in [-0.4, -0.2) is 10.2 Å². The summed E-state index contributed by atoms with van der Waals surface area (Å²) >= 11 is 13.6. The van der Waals surface area contributed by atoms with Crippen LogP contribution in [0.15, 0.2) is 42.2 Å². The first-order chi connectivity index (χ1) is 8.43. The van der Waals surface area contributed by atoms with E-state index in [1.165, 1.54) is 0 Å². The molecule has 6 heteroatoms. The monoisotopic (exact) mass is 498 g/mol. The van der Waals surface area contributed by atoms with Gasteiger partial charge >= 0.3 is 0 Å². The van der Waals surface area contributed by atoms with Crippen molar-refractivity contribution >= 4 is 63.7 Å². The molecule has 2 rings (SSSR count). The molecule has 2 nitrogen and oxygen atoms in total. The molecule has 0 atom stereocenters. The van der Waals surface area contributed by atoms with Gasteiger partial charge in [0.2, 0.25) is 0 Å². The molecule has 0 heterocycles. The molecule has 0 aromatic heterocycles. The Balaban J connectivity index is 2.75. The summed E-state index contributed by atoms with van der Waals surface area (Å²) in [6.45, 7) is 0. The Morgan fingerprint density at radius 2 is 1.11 bits per heavy atom. The van der Waals surface area contributed by atoms with Crippen molar-refractivity contribution in [2.45, 2.75) is 0 Å². The molecule has 0 spiro atoms. The van der Waals surface area contributed by atoms with Crippen molar-refractivity contribution in [3.05, 3.63) is 42.2 Å². The Morgan fingerprint density at radius 1 is 0.667 bits per heavy atom. The van der Waals surface area contributed by atoms with Gasteiger partial charge in [-0.1, -0.05) is 12.1 Å². The van der Waals surface area contributed by atoms with Gasteiger partial charge in [-0.3, -0.25) is 0 Å². The van der Waals surface area contributed by atoms with E-state index in [9.17, 15) is 10.2 Å². The number of phenolic OH excluding ortho intramolecular Hbond substituents is 2. The summed E-state index contributed by atoms with van der Waals surface area (Å²) in [6, 6.07) is 6.83. The van der Waals surface area contributed by atoms with Gasteiger partial charge in [0, 0.05) is 14.5 Å². The maximum Gasteiger partial charge on any atom is 0.146 e. The lowest BCUT2D eigenvalue weighted by molar-refractivity contribution is 0.467. The van der Waals surface area contributed by atoms with E-state index >= 15 is 0 Å². The van der Waals surface area contributed by atoms with Crippen LogP contribution in [0.25, 0.3) is 11.1 Å². The second-order valence-corrected chi connectivity index (χ2v) is 6.70. The first-order valence-corrected chi connectivity index (χ1v) is 7.95. The molecule has 0 aliphatic heterocycles. The normalized spacial score (nSPS) is 10.7. The summed E-state index contributed by atoms with van der Waals surface area (Å²) in [5, 5.41) is 19.2. The van der Waals surface area contributed by atoms with Gasteiger partial charge in [-0.15, -0.1) is 0 Å². The van der Waals surface area contributed by atoms with Crippen molar-refractivity contribution in [2.24, 2.45) is 0 Å². The number of benzene rings is 2. The predicted octanol–water partition coefficient (Wildman–Crippen LogP) is 5.81. The summed E-state index contributed by atoms with van der Waals surface area (Å²) < 4.78 is 2.61. The Morgan fingerprint density at radius 3 is 1.56 bits per heavy atom. The largest absolute Gasteiger partial charge is 0.508 e. The number of hydrogen-bond donors (Lipinski definition) is 2. The van der Waals surface area contributed by atoms with Gasteiger partial charge in [-0.05, 0) is 81.4 Å². The highest BCUT2D eigenvalue weighted by Gasteiger charge is 2.19. The smallest absolute Gasteiger partial charge is 0.146 e. The lowest BCUT2D eigenvalue weighted by atomic mass is 10.1. The van der Waals surface area contributed by atoms with Crippen LogP contribution in [0, 0.1) is 0 Å². The highest BCUT2D eigenvalue weighted by atomic mass is 79.9. The van der Waals surface area contributed by atoms with Crippen molar-refractivity contribution < 1.29 is 10.2 Å². The average molecular weight is 502 g/mol. The van der Waals surface area contributed by atoms with Crippen molar-refractivity contribution in [3.63, 3.8) is 0 Å². The summed E-state index contributed by atoms with van der Waals surface area (Å²) in [6.07, 6.45) is 0. The number of hydrogen-bond acceptors (Lipinski definition) is 2. The predicted molar refractivity (Wildman–Crippen MR) is 86.0 cm³/mol. The Bertz CT molecular complexity index is 579. The van der Waals surface area contributed by atoms with Crippen molar-refractivity contribution in [1.82, 2.24) is 0 Å². The maximum absolute atomic E-state index is 9.89. The third kappa shape index (κ3) is 2.48. The van der Waals surface area contributed by atoms with Gasteiger partial charge < -0.3 is 10.2 Å². The van der Waals surface area contributed by atoms with Gasteiger partial charge in [0.1, 0.15) is 11.5 Å². The minimum absolute atomic E-state index is 0.122. The van der Waals surface area contributed by atoms with E-state index in [4.69, 9.17) is 0 Å². The number of aromatic hydroxyl groups is 2. The van der Waals surface area contributed by atoms with E-state index in [0.717, 1.165) is 20.1 Å². The topological polar surface area (TPSA) is 40.5 Å². The van der Waals surface area contributed by atoms with E-state index in [1.54, 1.807) is 24.3 Å². The van der Waals surface area contributed by atoms with E-state index < -0.39 is 0 Å². The Kier molecular flexibility index (Phi) is 4.41. The summed E-state index contributed by atoms with van der Waals surface area (Å²) in [5.41, 5.74) is 1.79. The van der Waals surface area contributed by atoms with Crippen LogP contribution in [0.3, 0.4) is 0 Å². The van der Waals surface area contributed by atoms with Crippen molar-refractivity contribution in [2.75, 3.05) is 0 Å². The summed E-state index contributed by atoms with van der Waals surface area (Å²) in [4.78, 5) is 0. The van der Waals surface area contributed by atoms with E-state index in [0.29, 0.717) is 8.95 Å². The Labute approximate surface area is 138 Å². The fourth-order valence-electron chi connectivity index (χ4n) is 1.50. The van der Waals surface area contributed by atoms with E-state index in [1.807, 2.05) is 0 Å². The van der Waals surface area contributed by atoms with Crippen LogP contribution in [0.2, 0.25) is 0 Å². The first-order valence-electron chi connectivity index (χ1n) is 4.77. The zero-order chi connectivity index (χ0) is 13.4. The molecule has 2 aromatic carbocycles. The van der Waals surface area contributed by atoms with Gasteiger partial charge in [0.05, 0.1) is 8.95 Å². The highest BCUT2D eigenvalue weighted by Crippen LogP contribution is 2.49.